The van der Waals surface area contributed by atoms with Crippen LogP contribution in [0.1, 0.15) is 53.1 Å². The Kier molecular flexibility index (Phi) is 6.41. The monoisotopic (exact) mass is 429 g/mol. The first-order valence-corrected chi connectivity index (χ1v) is 9.88. The maximum atomic E-state index is 14.3. The van der Waals surface area contributed by atoms with E-state index in [1.807, 2.05) is 13.8 Å². The maximum absolute atomic E-state index is 14.3. The van der Waals surface area contributed by atoms with Gasteiger partial charge in [0.15, 0.2) is 17.4 Å². The number of aromatic nitrogens is 1. The molecule has 0 atom stereocenters. The van der Waals surface area contributed by atoms with Gasteiger partial charge in [-0.15, -0.1) is 0 Å². The number of amides is 1. The molecule has 1 aliphatic rings. The van der Waals surface area contributed by atoms with Crippen molar-refractivity contribution in [3.05, 3.63) is 45.1 Å². The van der Waals surface area contributed by atoms with Crippen LogP contribution in [0.5, 0.6) is 0 Å². The molecule has 1 saturated carbocycles. The number of hydrogen-bond acceptors (Lipinski definition) is 4. The number of rotatable bonds is 5. The fraction of sp³-hybridized carbons (Fsp3) is 0.500. The molecule has 0 aliphatic heterocycles. The molecule has 1 amide bonds. The molecule has 1 aromatic heterocycles. The van der Waals surface area contributed by atoms with Crippen LogP contribution in [0.25, 0.3) is 0 Å². The molecule has 1 heterocycles. The summed E-state index contributed by atoms with van der Waals surface area (Å²) in [6, 6.07) is -0.179. The third-order valence-electron chi connectivity index (χ3n) is 5.49. The highest BCUT2D eigenvalue weighted by Crippen LogP contribution is 2.30. The molecule has 2 N–H and O–H groups in total. The van der Waals surface area contributed by atoms with Crippen LogP contribution in [0.3, 0.4) is 0 Å². The first kappa shape index (κ1) is 21.5. The lowest BCUT2D eigenvalue weighted by atomic mass is 9.85. The molecule has 0 unspecified atom stereocenters. The Morgan fingerprint density at radius 3 is 2.34 bits per heavy atom. The van der Waals surface area contributed by atoms with E-state index in [0.29, 0.717) is 18.8 Å². The molecular formula is C20H23ClF3N3O2. The fourth-order valence-corrected chi connectivity index (χ4v) is 3.95. The first-order chi connectivity index (χ1) is 13.7. The van der Waals surface area contributed by atoms with Crippen molar-refractivity contribution in [1.82, 2.24) is 10.5 Å². The first-order valence-electron chi connectivity index (χ1n) is 9.50. The predicted molar refractivity (Wildman–Crippen MR) is 104 cm³/mol. The van der Waals surface area contributed by atoms with E-state index in [1.165, 1.54) is 0 Å². The van der Waals surface area contributed by atoms with Crippen molar-refractivity contribution >= 4 is 23.2 Å². The van der Waals surface area contributed by atoms with Gasteiger partial charge < -0.3 is 15.2 Å². The minimum Gasteiger partial charge on any atom is -0.380 e. The molecule has 0 saturated heterocycles. The second-order valence-corrected chi connectivity index (χ2v) is 7.91. The van der Waals surface area contributed by atoms with Crippen LogP contribution in [0.4, 0.5) is 18.9 Å². The van der Waals surface area contributed by atoms with E-state index < -0.39 is 39.5 Å². The van der Waals surface area contributed by atoms with Gasteiger partial charge in [0.05, 0.1) is 10.6 Å². The van der Waals surface area contributed by atoms with Crippen LogP contribution in [0.15, 0.2) is 4.52 Å². The summed E-state index contributed by atoms with van der Waals surface area (Å²) in [4.78, 5) is 12.5. The summed E-state index contributed by atoms with van der Waals surface area (Å²) in [5.41, 5.74) is 0.500. The number of hydrogen-bond donors (Lipinski definition) is 2. The third kappa shape index (κ3) is 4.37. The van der Waals surface area contributed by atoms with Gasteiger partial charge in [0, 0.05) is 18.2 Å². The van der Waals surface area contributed by atoms with Gasteiger partial charge in [-0.25, -0.2) is 13.2 Å². The van der Waals surface area contributed by atoms with Crippen LogP contribution in [-0.4, -0.2) is 23.7 Å². The number of aryl methyl sites for hydroxylation is 2. The van der Waals surface area contributed by atoms with Crippen molar-refractivity contribution in [2.24, 2.45) is 5.92 Å². The largest absolute Gasteiger partial charge is 0.380 e. The standard InChI is InChI=1S/C20H23ClF3N3O2/c1-9-16(22)14(15(21)18(24)17(9)23)20(28)26-13-6-4-12(5-7-13)8-25-19-10(2)27-29-11(19)3/h12-13,25H,4-8H2,1-3H3,(H,26,28). The molecule has 158 valence electrons. The molecule has 0 radical (unpaired) electrons. The maximum Gasteiger partial charge on any atom is 0.256 e. The van der Waals surface area contributed by atoms with Crippen LogP contribution < -0.4 is 10.6 Å². The SMILES string of the molecule is Cc1noc(C)c1NCC1CCC(NC(=O)c2c(F)c(C)c(F)c(F)c2Cl)CC1. The molecule has 1 fully saturated rings. The van der Waals surface area contributed by atoms with E-state index in [4.69, 9.17) is 16.1 Å². The molecule has 3 rings (SSSR count). The number of nitrogens with one attached hydrogen (secondary N) is 2. The molecule has 1 aliphatic carbocycles. The van der Waals surface area contributed by atoms with Crippen molar-refractivity contribution in [2.45, 2.75) is 52.5 Å². The minimum absolute atomic E-state index is 0.179. The van der Waals surface area contributed by atoms with E-state index in [1.54, 1.807) is 0 Å². The Morgan fingerprint density at radius 2 is 1.76 bits per heavy atom. The predicted octanol–water partition coefficient (Wildman–Crippen LogP) is 5.07. The normalized spacial score (nSPS) is 19.3. The van der Waals surface area contributed by atoms with E-state index in [-0.39, 0.29) is 6.04 Å². The number of benzene rings is 1. The Balaban J connectivity index is 1.57. The quantitative estimate of drug-likeness (QED) is 0.514. The molecule has 29 heavy (non-hydrogen) atoms. The van der Waals surface area contributed by atoms with Gasteiger partial charge >= 0.3 is 0 Å². The fourth-order valence-electron chi connectivity index (χ4n) is 3.70. The summed E-state index contributed by atoms with van der Waals surface area (Å²) in [6.07, 6.45) is 3.10. The Labute approximate surface area is 172 Å². The number of halogens is 4. The van der Waals surface area contributed by atoms with Gasteiger partial charge in [-0.1, -0.05) is 16.8 Å². The van der Waals surface area contributed by atoms with Gasteiger partial charge in [-0.2, -0.15) is 0 Å². The minimum atomic E-state index is -1.41. The average molecular weight is 430 g/mol. The van der Waals surface area contributed by atoms with Gasteiger partial charge in [0.1, 0.15) is 17.2 Å². The summed E-state index contributed by atoms with van der Waals surface area (Å²) in [5.74, 6) is -3.61. The number of anilines is 1. The van der Waals surface area contributed by atoms with Crippen molar-refractivity contribution in [2.75, 3.05) is 11.9 Å². The van der Waals surface area contributed by atoms with Crippen LogP contribution in [-0.2, 0) is 0 Å². The topological polar surface area (TPSA) is 67.2 Å². The lowest BCUT2D eigenvalue weighted by molar-refractivity contribution is 0.0918. The number of carbonyl (C=O) groups excluding carboxylic acids is 1. The van der Waals surface area contributed by atoms with Crippen molar-refractivity contribution in [3.8, 4) is 0 Å². The van der Waals surface area contributed by atoms with Crippen molar-refractivity contribution in [3.63, 3.8) is 0 Å². The van der Waals surface area contributed by atoms with Crippen LogP contribution in [0.2, 0.25) is 5.02 Å². The zero-order chi connectivity index (χ0) is 21.3. The molecular weight excluding hydrogens is 407 g/mol. The van der Waals surface area contributed by atoms with E-state index in [2.05, 4.69) is 15.8 Å². The smallest absolute Gasteiger partial charge is 0.256 e. The zero-order valence-corrected chi connectivity index (χ0v) is 17.2. The lowest BCUT2D eigenvalue weighted by Gasteiger charge is -2.29. The third-order valence-corrected chi connectivity index (χ3v) is 5.85. The molecule has 1 aromatic carbocycles. The van der Waals surface area contributed by atoms with Crippen molar-refractivity contribution < 1.29 is 22.5 Å². The van der Waals surface area contributed by atoms with Crippen molar-refractivity contribution in [1.29, 1.82) is 0 Å². The van der Waals surface area contributed by atoms with Gasteiger partial charge in [0.25, 0.3) is 5.91 Å². The summed E-state index contributed by atoms with van der Waals surface area (Å²) >= 11 is 5.69. The highest BCUT2D eigenvalue weighted by Gasteiger charge is 2.29. The van der Waals surface area contributed by atoms with E-state index in [9.17, 15) is 18.0 Å². The summed E-state index contributed by atoms with van der Waals surface area (Å²) < 4.78 is 46.8. The molecule has 2 aromatic rings. The summed E-state index contributed by atoms with van der Waals surface area (Å²) in [5, 5.41) is 9.13. The Hall–Kier alpha value is -2.22. The highest BCUT2D eigenvalue weighted by molar-refractivity contribution is 6.34. The summed E-state index contributed by atoms with van der Waals surface area (Å²) in [7, 11) is 0. The second kappa shape index (κ2) is 8.65. The molecule has 0 spiro atoms. The molecule has 0 bridgehead atoms. The van der Waals surface area contributed by atoms with Crippen LogP contribution in [0, 0.1) is 44.1 Å². The zero-order valence-electron chi connectivity index (χ0n) is 16.5. The van der Waals surface area contributed by atoms with Gasteiger partial charge in [0.2, 0.25) is 0 Å². The Bertz CT molecular complexity index is 876. The lowest BCUT2D eigenvalue weighted by Crippen LogP contribution is -2.39. The van der Waals surface area contributed by atoms with Gasteiger partial charge in [-0.05, 0) is 52.4 Å². The molecule has 5 nitrogen and oxygen atoms in total. The Morgan fingerprint density at radius 1 is 1.10 bits per heavy atom. The van der Waals surface area contributed by atoms with E-state index >= 15 is 0 Å². The second-order valence-electron chi connectivity index (χ2n) is 7.53. The molecule has 9 heteroatoms. The number of nitrogens with zero attached hydrogens (tertiary/aromatic N) is 1. The van der Waals surface area contributed by atoms with E-state index in [0.717, 1.165) is 43.5 Å². The van der Waals surface area contributed by atoms with Crippen LogP contribution >= 0.6 is 11.6 Å². The summed E-state index contributed by atoms with van der Waals surface area (Å²) in [6.45, 7) is 5.54. The highest BCUT2D eigenvalue weighted by atomic mass is 35.5. The average Bonchev–Trinajstić information content (AvgIpc) is 3.02. The number of carbonyl (C=O) groups is 1. The van der Waals surface area contributed by atoms with Gasteiger partial charge in [-0.3, -0.25) is 4.79 Å².